The fourth-order valence-electron chi connectivity index (χ4n) is 3.23. The molecule has 0 radical (unpaired) electrons. The number of ether oxygens (including phenoxy) is 2. The number of para-hydroxylation sites is 1. The maximum atomic E-state index is 10.2. The summed E-state index contributed by atoms with van der Waals surface area (Å²) in [6.07, 6.45) is -0.630. The third kappa shape index (κ3) is 4.37. The van der Waals surface area contributed by atoms with Crippen molar-refractivity contribution >= 4 is 22.1 Å². The highest BCUT2D eigenvalue weighted by atomic mass is 16.5. The number of fused-ring (bicyclic) bond motifs is 2. The Labute approximate surface area is 175 Å². The van der Waals surface area contributed by atoms with Crippen molar-refractivity contribution in [1.82, 2.24) is 20.3 Å². The van der Waals surface area contributed by atoms with Crippen LogP contribution in [0, 0.1) is 0 Å². The van der Waals surface area contributed by atoms with Crippen LogP contribution in [-0.2, 0) is 0 Å². The summed E-state index contributed by atoms with van der Waals surface area (Å²) in [6.45, 7) is 4.68. The minimum absolute atomic E-state index is 0.155. The summed E-state index contributed by atoms with van der Waals surface area (Å²) in [5.74, 6) is 1.91. The highest BCUT2D eigenvalue weighted by molar-refractivity contribution is 5.90. The van der Waals surface area contributed by atoms with Gasteiger partial charge in [0, 0.05) is 24.0 Å². The van der Waals surface area contributed by atoms with Gasteiger partial charge in [-0.3, -0.25) is 0 Å². The second kappa shape index (κ2) is 8.69. The van der Waals surface area contributed by atoms with Crippen LogP contribution in [0.15, 0.2) is 48.5 Å². The molecule has 0 saturated carbocycles. The van der Waals surface area contributed by atoms with Gasteiger partial charge in [0.15, 0.2) is 5.65 Å². The van der Waals surface area contributed by atoms with E-state index >= 15 is 0 Å². The third-order valence-corrected chi connectivity index (χ3v) is 4.81. The van der Waals surface area contributed by atoms with E-state index in [0.29, 0.717) is 35.6 Å². The topological polar surface area (TPSA) is 92.3 Å². The van der Waals surface area contributed by atoms with Crippen LogP contribution in [0.4, 0.5) is 0 Å². The van der Waals surface area contributed by atoms with E-state index in [-0.39, 0.29) is 6.61 Å². The van der Waals surface area contributed by atoms with Crippen molar-refractivity contribution in [2.24, 2.45) is 0 Å². The maximum Gasteiger partial charge on any atom is 0.178 e. The van der Waals surface area contributed by atoms with Crippen LogP contribution in [0.3, 0.4) is 0 Å². The Kier molecular flexibility index (Phi) is 5.83. The van der Waals surface area contributed by atoms with Crippen LogP contribution < -0.4 is 14.8 Å². The molecular weight excluding hydrogens is 380 g/mol. The summed E-state index contributed by atoms with van der Waals surface area (Å²) >= 11 is 0. The van der Waals surface area contributed by atoms with Crippen LogP contribution in [0.25, 0.3) is 33.5 Å². The van der Waals surface area contributed by atoms with E-state index in [1.807, 2.05) is 56.3 Å². The van der Waals surface area contributed by atoms with Gasteiger partial charge in [-0.25, -0.2) is 9.97 Å². The van der Waals surface area contributed by atoms with Gasteiger partial charge in [-0.1, -0.05) is 32.0 Å². The van der Waals surface area contributed by atoms with E-state index in [9.17, 15) is 5.11 Å². The Morgan fingerprint density at radius 1 is 1.10 bits per heavy atom. The quantitative estimate of drug-likeness (QED) is 0.415. The van der Waals surface area contributed by atoms with Gasteiger partial charge in [-0.05, 0) is 24.3 Å². The molecule has 0 aliphatic heterocycles. The summed E-state index contributed by atoms with van der Waals surface area (Å²) in [7, 11) is 1.61. The van der Waals surface area contributed by atoms with Crippen molar-refractivity contribution < 1.29 is 14.6 Å². The first kappa shape index (κ1) is 20.1. The summed E-state index contributed by atoms with van der Waals surface area (Å²) in [5, 5.41) is 14.5. The van der Waals surface area contributed by atoms with E-state index in [0.717, 1.165) is 22.0 Å². The standard InChI is InChI=1S/C23H26N4O3/c1-14(2)24-12-16(28)13-30-21-11-17(29-3)8-9-18(21)22-26-20-10-15-6-4-5-7-19(15)25-23(20)27-22/h4-11,14,16,24,28H,12-13H2,1-3H3,(H,25,26,27). The van der Waals surface area contributed by atoms with Crippen molar-refractivity contribution in [2.75, 3.05) is 20.3 Å². The zero-order chi connectivity index (χ0) is 21.1. The number of rotatable bonds is 8. The fraction of sp³-hybridized carbons (Fsp3) is 0.304. The fourth-order valence-corrected chi connectivity index (χ4v) is 3.23. The number of methoxy groups -OCH3 is 1. The number of benzene rings is 2. The lowest BCUT2D eigenvalue weighted by Gasteiger charge is -2.17. The Balaban J connectivity index is 1.65. The number of nitrogens with zero attached hydrogens (tertiary/aromatic N) is 2. The number of imidazole rings is 1. The van der Waals surface area contributed by atoms with Crippen molar-refractivity contribution in [3.63, 3.8) is 0 Å². The predicted molar refractivity (Wildman–Crippen MR) is 118 cm³/mol. The van der Waals surface area contributed by atoms with E-state index in [1.165, 1.54) is 0 Å². The molecule has 30 heavy (non-hydrogen) atoms. The smallest absolute Gasteiger partial charge is 0.178 e. The highest BCUT2D eigenvalue weighted by Crippen LogP contribution is 2.33. The van der Waals surface area contributed by atoms with E-state index in [1.54, 1.807) is 13.2 Å². The molecule has 0 spiro atoms. The first-order valence-corrected chi connectivity index (χ1v) is 10.0. The largest absolute Gasteiger partial charge is 0.497 e. The van der Waals surface area contributed by atoms with E-state index in [2.05, 4.69) is 20.3 Å². The molecule has 0 amide bonds. The molecule has 156 valence electrons. The van der Waals surface area contributed by atoms with Gasteiger partial charge in [-0.15, -0.1) is 0 Å². The molecule has 7 nitrogen and oxygen atoms in total. The number of pyridine rings is 1. The first-order valence-electron chi connectivity index (χ1n) is 10.0. The number of hydrogen-bond acceptors (Lipinski definition) is 6. The Morgan fingerprint density at radius 2 is 1.93 bits per heavy atom. The van der Waals surface area contributed by atoms with Crippen molar-refractivity contribution in [2.45, 2.75) is 26.0 Å². The zero-order valence-electron chi connectivity index (χ0n) is 17.3. The average molecular weight is 406 g/mol. The molecule has 4 rings (SSSR count). The molecule has 7 heteroatoms. The van der Waals surface area contributed by atoms with Crippen molar-refractivity contribution in [3.8, 4) is 22.9 Å². The number of aliphatic hydroxyl groups is 1. The SMILES string of the molecule is COc1ccc(-c2nc3nc4ccccc4cc3[nH]2)c(OCC(O)CNC(C)C)c1. The lowest BCUT2D eigenvalue weighted by atomic mass is 10.2. The number of aliphatic hydroxyl groups excluding tert-OH is 1. The Hall–Kier alpha value is -3.16. The minimum Gasteiger partial charge on any atom is -0.497 e. The molecule has 0 saturated heterocycles. The molecule has 2 aromatic carbocycles. The zero-order valence-corrected chi connectivity index (χ0v) is 17.3. The normalized spacial score (nSPS) is 12.6. The molecule has 0 fully saturated rings. The molecule has 1 atom stereocenters. The van der Waals surface area contributed by atoms with Gasteiger partial charge in [0.1, 0.15) is 30.0 Å². The van der Waals surface area contributed by atoms with Gasteiger partial charge in [0.05, 0.1) is 23.7 Å². The summed E-state index contributed by atoms with van der Waals surface area (Å²) in [5.41, 5.74) is 3.18. The minimum atomic E-state index is -0.630. The van der Waals surface area contributed by atoms with Crippen LogP contribution in [0.5, 0.6) is 11.5 Å². The summed E-state index contributed by atoms with van der Waals surface area (Å²) in [4.78, 5) is 12.7. The average Bonchev–Trinajstić information content (AvgIpc) is 3.16. The number of nitrogens with one attached hydrogen (secondary N) is 2. The van der Waals surface area contributed by atoms with Gasteiger partial charge < -0.3 is 24.9 Å². The van der Waals surface area contributed by atoms with Crippen LogP contribution >= 0.6 is 0 Å². The van der Waals surface area contributed by atoms with Crippen molar-refractivity contribution in [3.05, 3.63) is 48.5 Å². The van der Waals surface area contributed by atoms with Crippen LogP contribution in [0.1, 0.15) is 13.8 Å². The maximum absolute atomic E-state index is 10.2. The Bertz CT molecular complexity index is 1100. The lowest BCUT2D eigenvalue weighted by Crippen LogP contribution is -2.35. The summed E-state index contributed by atoms with van der Waals surface area (Å²) < 4.78 is 11.3. The van der Waals surface area contributed by atoms with Crippen LogP contribution in [-0.4, -0.2) is 52.5 Å². The number of aromatic amines is 1. The second-order valence-electron chi connectivity index (χ2n) is 7.53. The van der Waals surface area contributed by atoms with Gasteiger partial charge >= 0.3 is 0 Å². The Morgan fingerprint density at radius 3 is 2.73 bits per heavy atom. The number of aromatic nitrogens is 3. The van der Waals surface area contributed by atoms with Gasteiger partial charge in [0.25, 0.3) is 0 Å². The van der Waals surface area contributed by atoms with Crippen molar-refractivity contribution in [1.29, 1.82) is 0 Å². The monoisotopic (exact) mass is 406 g/mol. The lowest BCUT2D eigenvalue weighted by molar-refractivity contribution is 0.105. The third-order valence-electron chi connectivity index (χ3n) is 4.81. The van der Waals surface area contributed by atoms with Gasteiger partial charge in [0.2, 0.25) is 0 Å². The molecule has 0 aliphatic rings. The van der Waals surface area contributed by atoms with Gasteiger partial charge in [-0.2, -0.15) is 0 Å². The number of H-pyrrole nitrogens is 1. The second-order valence-corrected chi connectivity index (χ2v) is 7.53. The molecule has 3 N–H and O–H groups in total. The van der Waals surface area contributed by atoms with E-state index < -0.39 is 6.10 Å². The highest BCUT2D eigenvalue weighted by Gasteiger charge is 2.15. The predicted octanol–water partition coefficient (Wildman–Crippen LogP) is 3.52. The first-order chi connectivity index (χ1) is 14.5. The number of hydrogen-bond donors (Lipinski definition) is 3. The molecule has 2 aromatic heterocycles. The van der Waals surface area contributed by atoms with Crippen LogP contribution in [0.2, 0.25) is 0 Å². The molecule has 0 bridgehead atoms. The summed E-state index contributed by atoms with van der Waals surface area (Å²) in [6, 6.07) is 15.8. The molecule has 0 aliphatic carbocycles. The molecule has 4 aromatic rings. The van der Waals surface area contributed by atoms with E-state index in [4.69, 9.17) is 9.47 Å². The molecule has 1 unspecified atom stereocenters. The molecule has 2 heterocycles. The molecular formula is C23H26N4O3.